The molecule has 0 saturated heterocycles. The first-order valence-corrected chi connectivity index (χ1v) is 8.57. The van der Waals surface area contributed by atoms with Crippen molar-refractivity contribution in [3.8, 4) is 0 Å². The molecule has 1 N–H and O–H groups in total. The third-order valence-corrected chi connectivity index (χ3v) is 4.68. The number of carbonyl (C=O) groups is 1. The minimum absolute atomic E-state index is 0.000755. The Labute approximate surface area is 133 Å². The molecule has 0 unspecified atom stereocenters. The Morgan fingerprint density at radius 3 is 2.00 bits per heavy atom. The van der Waals surface area contributed by atoms with E-state index in [1.165, 1.54) is 31.4 Å². The first kappa shape index (κ1) is 18.6. The maximum Gasteiger partial charge on any atom is 0.337 e. The van der Waals surface area contributed by atoms with Crippen LogP contribution in [-0.2, 0) is 14.8 Å². The van der Waals surface area contributed by atoms with E-state index in [1.54, 1.807) is 0 Å². The lowest BCUT2D eigenvalue weighted by Gasteiger charge is -2.32. The molecule has 1 rings (SSSR count). The van der Waals surface area contributed by atoms with Crippen molar-refractivity contribution in [1.29, 1.82) is 0 Å². The Morgan fingerprint density at radius 2 is 1.59 bits per heavy atom. The second-order valence-electron chi connectivity index (χ2n) is 7.24. The van der Waals surface area contributed by atoms with E-state index in [1.807, 2.05) is 13.8 Å². The number of ether oxygens (including phenoxy) is 1. The molecule has 1 aromatic carbocycles. The lowest BCUT2D eigenvalue weighted by molar-refractivity contribution is 0.0600. The van der Waals surface area contributed by atoms with E-state index in [9.17, 15) is 13.2 Å². The topological polar surface area (TPSA) is 72.5 Å². The lowest BCUT2D eigenvalue weighted by Crippen LogP contribution is -2.45. The average Bonchev–Trinajstić information content (AvgIpc) is 2.33. The molecule has 0 amide bonds. The van der Waals surface area contributed by atoms with Crippen LogP contribution in [0.5, 0.6) is 0 Å². The highest BCUT2D eigenvalue weighted by molar-refractivity contribution is 7.89. The van der Waals surface area contributed by atoms with Crippen LogP contribution in [0.1, 0.15) is 51.4 Å². The van der Waals surface area contributed by atoms with Gasteiger partial charge in [-0.05, 0) is 49.9 Å². The number of hydrogen-bond acceptors (Lipinski definition) is 4. The van der Waals surface area contributed by atoms with Crippen molar-refractivity contribution >= 4 is 16.0 Å². The number of methoxy groups -OCH3 is 1. The Hall–Kier alpha value is -1.40. The SMILES string of the molecule is COC(=O)c1ccc(S(=O)(=O)NC(C)(C)CC(C)(C)C)cc1. The number of esters is 1. The van der Waals surface area contributed by atoms with E-state index in [2.05, 4.69) is 30.2 Å². The van der Waals surface area contributed by atoms with Crippen molar-refractivity contribution in [2.24, 2.45) is 5.41 Å². The summed E-state index contributed by atoms with van der Waals surface area (Å²) in [6.45, 7) is 9.91. The molecule has 124 valence electrons. The number of rotatable bonds is 5. The Balaban J connectivity index is 2.97. The molecule has 0 bridgehead atoms. The summed E-state index contributed by atoms with van der Waals surface area (Å²) in [5.41, 5.74) is -0.255. The standard InChI is InChI=1S/C16H25NO4S/c1-15(2,3)11-16(4,5)17-22(19,20)13-9-7-12(8-10-13)14(18)21-6/h7-10,17H,11H2,1-6H3. The monoisotopic (exact) mass is 327 g/mol. The molecule has 1 aromatic rings. The molecule has 0 radical (unpaired) electrons. The van der Waals surface area contributed by atoms with E-state index < -0.39 is 21.5 Å². The van der Waals surface area contributed by atoms with Gasteiger partial charge in [-0.15, -0.1) is 0 Å². The number of carbonyl (C=O) groups excluding carboxylic acids is 1. The summed E-state index contributed by atoms with van der Waals surface area (Å²) >= 11 is 0. The Morgan fingerprint density at radius 1 is 1.09 bits per heavy atom. The van der Waals surface area contributed by atoms with Crippen LogP contribution >= 0.6 is 0 Å². The molecule has 0 fully saturated rings. The number of hydrogen-bond donors (Lipinski definition) is 1. The Kier molecular flexibility index (Phi) is 5.41. The van der Waals surface area contributed by atoms with Crippen LogP contribution in [0.3, 0.4) is 0 Å². The second kappa shape index (κ2) is 6.38. The first-order valence-electron chi connectivity index (χ1n) is 7.09. The molecule has 6 heteroatoms. The van der Waals surface area contributed by atoms with E-state index in [0.717, 1.165) is 0 Å². The maximum absolute atomic E-state index is 12.5. The van der Waals surface area contributed by atoms with Crippen LogP contribution in [0.4, 0.5) is 0 Å². The molecular formula is C16H25NO4S. The van der Waals surface area contributed by atoms with Crippen molar-refractivity contribution in [3.63, 3.8) is 0 Å². The molecule has 0 heterocycles. The third-order valence-electron chi connectivity index (χ3n) is 2.97. The van der Waals surface area contributed by atoms with Crippen molar-refractivity contribution in [2.45, 2.75) is 51.5 Å². The minimum atomic E-state index is -3.64. The highest BCUT2D eigenvalue weighted by Crippen LogP contribution is 2.28. The van der Waals surface area contributed by atoms with E-state index in [0.29, 0.717) is 12.0 Å². The van der Waals surface area contributed by atoms with Gasteiger partial charge in [0.2, 0.25) is 10.0 Å². The first-order chi connectivity index (χ1) is 9.86. The summed E-state index contributed by atoms with van der Waals surface area (Å²) < 4.78 is 32.2. The van der Waals surface area contributed by atoms with Crippen molar-refractivity contribution in [3.05, 3.63) is 29.8 Å². The Bertz CT molecular complexity index is 625. The predicted molar refractivity (Wildman–Crippen MR) is 86.3 cm³/mol. The normalized spacial score (nSPS) is 13.0. The fourth-order valence-electron chi connectivity index (χ4n) is 2.67. The van der Waals surface area contributed by atoms with Gasteiger partial charge >= 0.3 is 5.97 Å². The molecule has 0 aliphatic carbocycles. The fraction of sp³-hybridized carbons (Fsp3) is 0.562. The van der Waals surface area contributed by atoms with Gasteiger partial charge in [-0.25, -0.2) is 17.9 Å². The summed E-state index contributed by atoms with van der Waals surface area (Å²) in [5, 5.41) is 0. The zero-order chi connectivity index (χ0) is 17.2. The largest absolute Gasteiger partial charge is 0.465 e. The molecule has 22 heavy (non-hydrogen) atoms. The number of benzene rings is 1. The zero-order valence-corrected chi connectivity index (χ0v) is 14.9. The zero-order valence-electron chi connectivity index (χ0n) is 14.1. The van der Waals surface area contributed by atoms with Crippen LogP contribution < -0.4 is 4.72 Å². The molecule has 0 aliphatic heterocycles. The van der Waals surface area contributed by atoms with Gasteiger partial charge in [-0.2, -0.15) is 0 Å². The number of sulfonamides is 1. The maximum atomic E-state index is 12.5. The smallest absolute Gasteiger partial charge is 0.337 e. The van der Waals surface area contributed by atoms with Gasteiger partial charge in [0.25, 0.3) is 0 Å². The van der Waals surface area contributed by atoms with E-state index in [-0.39, 0.29) is 10.3 Å². The van der Waals surface area contributed by atoms with Gasteiger partial charge in [-0.1, -0.05) is 20.8 Å². The van der Waals surface area contributed by atoms with Gasteiger partial charge in [0.15, 0.2) is 0 Å². The highest BCUT2D eigenvalue weighted by atomic mass is 32.2. The van der Waals surface area contributed by atoms with Gasteiger partial charge < -0.3 is 4.74 Å². The van der Waals surface area contributed by atoms with Crippen LogP contribution in [0, 0.1) is 5.41 Å². The summed E-state index contributed by atoms with van der Waals surface area (Å²) in [7, 11) is -2.36. The molecule has 0 aromatic heterocycles. The third kappa shape index (κ3) is 5.42. The molecular weight excluding hydrogens is 302 g/mol. The lowest BCUT2D eigenvalue weighted by atomic mass is 9.82. The summed E-state index contributed by atoms with van der Waals surface area (Å²) in [6.07, 6.45) is 0.694. The minimum Gasteiger partial charge on any atom is -0.465 e. The highest BCUT2D eigenvalue weighted by Gasteiger charge is 2.30. The molecule has 5 nitrogen and oxygen atoms in total. The summed E-state index contributed by atoms with van der Waals surface area (Å²) in [4.78, 5) is 11.5. The van der Waals surface area contributed by atoms with Gasteiger partial charge in [0.05, 0.1) is 17.6 Å². The predicted octanol–water partition coefficient (Wildman–Crippen LogP) is 2.97. The van der Waals surface area contributed by atoms with E-state index in [4.69, 9.17) is 0 Å². The van der Waals surface area contributed by atoms with Gasteiger partial charge in [0.1, 0.15) is 0 Å². The van der Waals surface area contributed by atoms with Crippen molar-refractivity contribution < 1.29 is 17.9 Å². The van der Waals surface area contributed by atoms with Crippen molar-refractivity contribution in [2.75, 3.05) is 7.11 Å². The molecule has 0 aliphatic rings. The average molecular weight is 327 g/mol. The van der Waals surface area contributed by atoms with E-state index >= 15 is 0 Å². The molecule has 0 atom stereocenters. The van der Waals surface area contributed by atoms with Crippen molar-refractivity contribution in [1.82, 2.24) is 4.72 Å². The van der Waals surface area contributed by atoms with Crippen LogP contribution in [0.25, 0.3) is 0 Å². The molecule has 0 saturated carbocycles. The van der Waals surface area contributed by atoms with Crippen LogP contribution in [0.2, 0.25) is 0 Å². The van der Waals surface area contributed by atoms with Gasteiger partial charge in [0, 0.05) is 5.54 Å². The fourth-order valence-corrected chi connectivity index (χ4v) is 4.08. The van der Waals surface area contributed by atoms with Gasteiger partial charge in [-0.3, -0.25) is 0 Å². The summed E-state index contributed by atoms with van der Waals surface area (Å²) in [5.74, 6) is -0.495. The van der Waals surface area contributed by atoms with Crippen LogP contribution in [-0.4, -0.2) is 27.0 Å². The molecule has 0 spiro atoms. The van der Waals surface area contributed by atoms with Crippen LogP contribution in [0.15, 0.2) is 29.2 Å². The summed E-state index contributed by atoms with van der Waals surface area (Å²) in [6, 6.07) is 5.69. The quantitative estimate of drug-likeness (QED) is 0.844. The number of nitrogens with one attached hydrogen (secondary N) is 1. The second-order valence-corrected chi connectivity index (χ2v) is 8.93.